The number of rotatable bonds is 6. The van der Waals surface area contributed by atoms with Crippen LogP contribution in [0.1, 0.15) is 11.1 Å². The van der Waals surface area contributed by atoms with Crippen molar-refractivity contribution >= 4 is 39.8 Å². The molecule has 2 heterocycles. The van der Waals surface area contributed by atoms with Crippen molar-refractivity contribution in [2.75, 3.05) is 33.1 Å². The van der Waals surface area contributed by atoms with Gasteiger partial charge in [-0.15, -0.1) is 0 Å². The molecular formula is C25H25ClN6O3. The highest BCUT2D eigenvalue weighted by atomic mass is 35.5. The van der Waals surface area contributed by atoms with E-state index in [0.717, 1.165) is 22.2 Å². The standard InChI is InChI=1S/C25H25ClN6O3/c1-29(2)12-7-8-17-14-24(35-4)21(15-23(17)32(33)34)28-25-27-20(11-13-31(25)26)19-16-30(3)22-10-6-5-9-18(19)22/h5-6,9-11,13-16,25,28H,12H2,1-4H3. The molecule has 3 aromatic rings. The van der Waals surface area contributed by atoms with Crippen LogP contribution in [0.4, 0.5) is 11.4 Å². The third-order valence-corrected chi connectivity index (χ3v) is 5.76. The lowest BCUT2D eigenvalue weighted by Gasteiger charge is -2.26. The van der Waals surface area contributed by atoms with Crippen LogP contribution in [0.3, 0.4) is 0 Å². The number of halogens is 1. The molecule has 0 saturated heterocycles. The van der Waals surface area contributed by atoms with E-state index in [-0.39, 0.29) is 11.3 Å². The molecule has 1 aliphatic rings. The molecule has 2 aromatic carbocycles. The summed E-state index contributed by atoms with van der Waals surface area (Å²) in [6.45, 7) is 0.473. The second-order valence-corrected chi connectivity index (χ2v) is 8.62. The summed E-state index contributed by atoms with van der Waals surface area (Å²) in [5, 5.41) is 16.0. The molecule has 0 bridgehead atoms. The fourth-order valence-corrected chi connectivity index (χ4v) is 3.93. The topological polar surface area (TPSA) is 88.2 Å². The number of fused-ring (bicyclic) bond motifs is 1. The molecule has 180 valence electrons. The van der Waals surface area contributed by atoms with Crippen LogP contribution in [0.5, 0.6) is 5.75 Å². The van der Waals surface area contributed by atoms with Gasteiger partial charge in [-0.25, -0.2) is 4.99 Å². The van der Waals surface area contributed by atoms with Crippen LogP contribution >= 0.6 is 11.8 Å². The Hall–Kier alpha value is -4.00. The van der Waals surface area contributed by atoms with Crippen LogP contribution < -0.4 is 10.1 Å². The van der Waals surface area contributed by atoms with Gasteiger partial charge in [0, 0.05) is 59.8 Å². The normalized spacial score (nSPS) is 15.1. The number of hydrogen-bond donors (Lipinski definition) is 1. The summed E-state index contributed by atoms with van der Waals surface area (Å²) in [7, 11) is 7.23. The van der Waals surface area contributed by atoms with Crippen LogP contribution in [0.15, 0.2) is 59.9 Å². The number of allylic oxidation sites excluding steroid dienone is 1. The number of para-hydroxylation sites is 1. The average Bonchev–Trinajstić information content (AvgIpc) is 3.17. The Morgan fingerprint density at radius 2 is 2.09 bits per heavy atom. The number of aliphatic imine (C=N–C) groups is 1. The maximum atomic E-state index is 11.8. The van der Waals surface area contributed by atoms with Crippen molar-refractivity contribution in [3.8, 4) is 17.6 Å². The maximum Gasteiger partial charge on any atom is 0.287 e. The van der Waals surface area contributed by atoms with Crippen molar-refractivity contribution in [2.45, 2.75) is 6.29 Å². The van der Waals surface area contributed by atoms with E-state index >= 15 is 0 Å². The Bertz CT molecular complexity index is 1400. The van der Waals surface area contributed by atoms with E-state index in [4.69, 9.17) is 21.5 Å². The number of nitro groups is 1. The van der Waals surface area contributed by atoms with E-state index in [9.17, 15) is 10.1 Å². The van der Waals surface area contributed by atoms with E-state index in [2.05, 4.69) is 17.2 Å². The first kappa shape index (κ1) is 24.1. The van der Waals surface area contributed by atoms with Gasteiger partial charge in [0.15, 0.2) is 0 Å². The second-order valence-electron chi connectivity index (χ2n) is 8.23. The number of hydrogen-bond acceptors (Lipinski definition) is 7. The number of aromatic nitrogens is 1. The van der Waals surface area contributed by atoms with Crippen LogP contribution in [0, 0.1) is 22.0 Å². The van der Waals surface area contributed by atoms with E-state index in [1.54, 1.807) is 12.3 Å². The molecule has 1 unspecified atom stereocenters. The van der Waals surface area contributed by atoms with Gasteiger partial charge >= 0.3 is 0 Å². The van der Waals surface area contributed by atoms with Gasteiger partial charge in [-0.3, -0.25) is 19.4 Å². The third kappa shape index (κ3) is 5.09. The van der Waals surface area contributed by atoms with Crippen molar-refractivity contribution in [1.82, 2.24) is 13.9 Å². The number of nitrogens with zero attached hydrogens (tertiary/aromatic N) is 5. The van der Waals surface area contributed by atoms with Gasteiger partial charge in [-0.1, -0.05) is 30.0 Å². The van der Waals surface area contributed by atoms with E-state index in [1.807, 2.05) is 67.1 Å². The lowest BCUT2D eigenvalue weighted by atomic mass is 10.1. The van der Waals surface area contributed by atoms with Crippen LogP contribution in [-0.4, -0.2) is 58.6 Å². The number of nitro benzene ring substituents is 1. The van der Waals surface area contributed by atoms with Crippen LogP contribution in [-0.2, 0) is 7.05 Å². The highest BCUT2D eigenvalue weighted by Crippen LogP contribution is 2.34. The Balaban J connectivity index is 1.70. The molecule has 1 atom stereocenters. The predicted octanol–water partition coefficient (Wildman–Crippen LogP) is 4.18. The SMILES string of the molecule is COc1cc(C#CCN(C)C)c([N+](=O)[O-])cc1NC1N=C(c2cn(C)c3ccccc23)C=CN1Cl. The van der Waals surface area contributed by atoms with E-state index in [1.165, 1.54) is 17.6 Å². The smallest absolute Gasteiger partial charge is 0.287 e. The van der Waals surface area contributed by atoms with Crippen molar-refractivity contribution in [3.63, 3.8) is 0 Å². The van der Waals surface area contributed by atoms with Gasteiger partial charge in [-0.05, 0) is 26.2 Å². The summed E-state index contributed by atoms with van der Waals surface area (Å²) in [5.41, 5.74) is 3.29. The van der Waals surface area contributed by atoms with E-state index < -0.39 is 11.2 Å². The van der Waals surface area contributed by atoms with Gasteiger partial charge in [0.05, 0.1) is 30.0 Å². The molecule has 1 aromatic heterocycles. The number of aryl methyl sites for hydroxylation is 1. The third-order valence-electron chi connectivity index (χ3n) is 5.46. The van der Waals surface area contributed by atoms with Crippen LogP contribution in [0.2, 0.25) is 0 Å². The van der Waals surface area contributed by atoms with Crippen LogP contribution in [0.25, 0.3) is 10.9 Å². The molecular weight excluding hydrogens is 468 g/mol. The quantitative estimate of drug-likeness (QED) is 0.240. The molecule has 0 aliphatic carbocycles. The number of methoxy groups -OCH3 is 1. The zero-order chi connectivity index (χ0) is 25.1. The molecule has 1 N–H and O–H groups in total. The zero-order valence-corrected chi connectivity index (χ0v) is 20.6. The summed E-state index contributed by atoms with van der Waals surface area (Å²) < 4.78 is 8.91. The highest BCUT2D eigenvalue weighted by Gasteiger charge is 2.24. The first-order valence-electron chi connectivity index (χ1n) is 10.8. The van der Waals surface area contributed by atoms with Crippen molar-refractivity contribution in [3.05, 3.63) is 76.1 Å². The average molecular weight is 493 g/mol. The van der Waals surface area contributed by atoms with Gasteiger partial charge in [0.25, 0.3) is 5.69 Å². The lowest BCUT2D eigenvalue weighted by molar-refractivity contribution is -0.385. The minimum Gasteiger partial charge on any atom is -0.495 e. The first-order valence-corrected chi connectivity index (χ1v) is 11.1. The lowest BCUT2D eigenvalue weighted by Crippen LogP contribution is -2.33. The Morgan fingerprint density at radius 1 is 1.31 bits per heavy atom. The summed E-state index contributed by atoms with van der Waals surface area (Å²) in [5.74, 6) is 6.19. The molecule has 0 saturated carbocycles. The van der Waals surface area contributed by atoms with Crippen molar-refractivity contribution < 1.29 is 9.66 Å². The summed E-state index contributed by atoms with van der Waals surface area (Å²) >= 11 is 6.41. The molecule has 4 rings (SSSR count). The highest BCUT2D eigenvalue weighted by molar-refractivity contribution is 6.19. The van der Waals surface area contributed by atoms with Crippen molar-refractivity contribution in [2.24, 2.45) is 12.0 Å². The molecule has 0 radical (unpaired) electrons. The Morgan fingerprint density at radius 3 is 2.80 bits per heavy atom. The van der Waals surface area contributed by atoms with Gasteiger partial charge in [-0.2, -0.15) is 0 Å². The number of anilines is 1. The van der Waals surface area contributed by atoms with E-state index in [0.29, 0.717) is 18.0 Å². The molecule has 9 nitrogen and oxygen atoms in total. The van der Waals surface area contributed by atoms with Gasteiger partial charge < -0.3 is 14.6 Å². The maximum absolute atomic E-state index is 11.8. The summed E-state index contributed by atoms with van der Waals surface area (Å²) in [6, 6.07) is 11.0. The van der Waals surface area contributed by atoms with Crippen molar-refractivity contribution in [1.29, 1.82) is 0 Å². The second kappa shape index (κ2) is 10.1. The molecule has 0 amide bonds. The first-order chi connectivity index (χ1) is 16.8. The fourth-order valence-electron chi connectivity index (χ4n) is 3.79. The predicted molar refractivity (Wildman–Crippen MR) is 139 cm³/mol. The molecule has 0 fully saturated rings. The zero-order valence-electron chi connectivity index (χ0n) is 19.8. The largest absolute Gasteiger partial charge is 0.495 e. The molecule has 1 aliphatic heterocycles. The molecule has 0 spiro atoms. The summed E-state index contributed by atoms with van der Waals surface area (Å²) in [6.07, 6.45) is 4.82. The number of ether oxygens (including phenoxy) is 1. The number of benzene rings is 2. The minimum atomic E-state index is -0.727. The van der Waals surface area contributed by atoms with Gasteiger partial charge in [0.2, 0.25) is 6.29 Å². The minimum absolute atomic E-state index is 0.134. The Labute approximate surface area is 208 Å². The number of nitrogens with one attached hydrogen (secondary N) is 1. The molecule has 35 heavy (non-hydrogen) atoms. The molecule has 10 heteroatoms. The monoisotopic (exact) mass is 492 g/mol. The Kier molecular flexibility index (Phi) is 6.96. The van der Waals surface area contributed by atoms with Gasteiger partial charge in [0.1, 0.15) is 11.3 Å². The fraction of sp³-hybridized carbons (Fsp3) is 0.240. The summed E-state index contributed by atoms with van der Waals surface area (Å²) in [4.78, 5) is 18.0.